The van der Waals surface area contributed by atoms with Crippen molar-refractivity contribution in [3.63, 3.8) is 0 Å². The molecule has 0 radical (unpaired) electrons. The molecule has 0 fully saturated rings. The molecule has 0 aromatic rings. The molecule has 0 aromatic carbocycles. The van der Waals surface area contributed by atoms with Gasteiger partial charge >= 0.3 is 0 Å². The number of unbranched alkanes of at least 4 members (excludes halogenated alkanes) is 1. The first-order valence-corrected chi connectivity index (χ1v) is 10.0. The lowest BCUT2D eigenvalue weighted by molar-refractivity contribution is 0.372. The maximum Gasteiger partial charge on any atom is 0.211 e. The molecule has 0 aliphatic rings. The van der Waals surface area contributed by atoms with Crippen LogP contribution < -0.4 is 4.72 Å². The Morgan fingerprint density at radius 2 is 1.74 bits per heavy atom. The molecular weight excluding hydrogens is 288 g/mol. The van der Waals surface area contributed by atoms with E-state index in [4.69, 9.17) is 0 Å². The van der Waals surface area contributed by atoms with Crippen molar-refractivity contribution in [1.29, 1.82) is 0 Å². The van der Waals surface area contributed by atoms with Gasteiger partial charge in [-0.05, 0) is 12.3 Å². The zero-order chi connectivity index (χ0) is 15.1. The molecule has 0 bridgehead atoms. The van der Waals surface area contributed by atoms with E-state index < -0.39 is 20.0 Å². The minimum absolute atomic E-state index is 0.0898. The fourth-order valence-corrected chi connectivity index (χ4v) is 3.74. The molecule has 0 aliphatic carbocycles. The van der Waals surface area contributed by atoms with Gasteiger partial charge < -0.3 is 0 Å². The van der Waals surface area contributed by atoms with E-state index in [1.165, 1.54) is 4.31 Å². The molecule has 0 heterocycles. The molecule has 19 heavy (non-hydrogen) atoms. The fraction of sp³-hybridized carbons (Fsp3) is 1.00. The molecule has 0 atom stereocenters. The van der Waals surface area contributed by atoms with Gasteiger partial charge in [0.1, 0.15) is 0 Å². The van der Waals surface area contributed by atoms with Crippen LogP contribution in [0.5, 0.6) is 0 Å². The van der Waals surface area contributed by atoms with E-state index in [-0.39, 0.29) is 24.8 Å². The highest BCUT2D eigenvalue weighted by molar-refractivity contribution is 7.89. The average molecular weight is 314 g/mol. The zero-order valence-corrected chi connectivity index (χ0v) is 13.8. The first-order chi connectivity index (χ1) is 8.58. The number of nitrogens with zero attached hydrogens (tertiary/aromatic N) is 1. The summed E-state index contributed by atoms with van der Waals surface area (Å²) in [6.07, 6.45) is 2.56. The number of nitrogens with one attached hydrogen (secondary N) is 1. The molecule has 116 valence electrons. The van der Waals surface area contributed by atoms with Crippen LogP contribution in [0.1, 0.15) is 33.6 Å². The molecule has 1 N–H and O–H groups in total. The lowest BCUT2D eigenvalue weighted by Gasteiger charge is -2.21. The number of rotatable bonds is 10. The second-order valence-corrected chi connectivity index (χ2v) is 8.99. The number of hydrogen-bond acceptors (Lipinski definition) is 4. The minimum atomic E-state index is -3.30. The Kier molecular flexibility index (Phi) is 8.11. The van der Waals surface area contributed by atoms with Gasteiger partial charge in [-0.2, -0.15) is 0 Å². The van der Waals surface area contributed by atoms with Gasteiger partial charge in [0.15, 0.2) is 0 Å². The monoisotopic (exact) mass is 314 g/mol. The Balaban J connectivity index is 4.35. The summed E-state index contributed by atoms with van der Waals surface area (Å²) in [5, 5.41) is 0. The van der Waals surface area contributed by atoms with Gasteiger partial charge in [0.2, 0.25) is 20.0 Å². The summed E-state index contributed by atoms with van der Waals surface area (Å²) in [5.74, 6) is 0.290. The molecule has 0 amide bonds. The van der Waals surface area contributed by atoms with Gasteiger partial charge in [0.25, 0.3) is 0 Å². The molecule has 0 saturated heterocycles. The Morgan fingerprint density at radius 3 is 2.16 bits per heavy atom. The summed E-state index contributed by atoms with van der Waals surface area (Å²) in [6.45, 7) is 6.44. The maximum atomic E-state index is 11.6. The van der Waals surface area contributed by atoms with E-state index in [1.54, 1.807) is 0 Å². The normalized spacial score (nSPS) is 13.4. The van der Waals surface area contributed by atoms with Crippen molar-refractivity contribution < 1.29 is 16.8 Å². The third-order valence-electron chi connectivity index (χ3n) is 2.49. The fourth-order valence-electron chi connectivity index (χ4n) is 1.53. The highest BCUT2D eigenvalue weighted by Gasteiger charge is 2.18. The summed E-state index contributed by atoms with van der Waals surface area (Å²) in [5.41, 5.74) is 0. The van der Waals surface area contributed by atoms with Crippen LogP contribution in [-0.2, 0) is 20.0 Å². The highest BCUT2D eigenvalue weighted by Crippen LogP contribution is 2.03. The Hall–Kier alpha value is -0.180. The van der Waals surface area contributed by atoms with Crippen LogP contribution in [0.15, 0.2) is 0 Å². The van der Waals surface area contributed by atoms with Crippen molar-refractivity contribution in [2.75, 3.05) is 31.6 Å². The van der Waals surface area contributed by atoms with Gasteiger partial charge in [-0.15, -0.1) is 0 Å². The molecule has 0 unspecified atom stereocenters. The minimum Gasteiger partial charge on any atom is -0.214 e. The average Bonchev–Trinajstić information content (AvgIpc) is 2.23. The van der Waals surface area contributed by atoms with E-state index in [0.717, 1.165) is 12.7 Å². The summed E-state index contributed by atoms with van der Waals surface area (Å²) in [7, 11) is -6.58. The van der Waals surface area contributed by atoms with E-state index in [1.807, 2.05) is 20.8 Å². The summed E-state index contributed by atoms with van der Waals surface area (Å²) in [6, 6.07) is 0. The van der Waals surface area contributed by atoms with E-state index in [9.17, 15) is 16.8 Å². The van der Waals surface area contributed by atoms with E-state index in [2.05, 4.69) is 4.72 Å². The highest BCUT2D eigenvalue weighted by atomic mass is 32.2. The lowest BCUT2D eigenvalue weighted by Crippen LogP contribution is -2.40. The van der Waals surface area contributed by atoms with E-state index in [0.29, 0.717) is 13.0 Å². The second kappa shape index (κ2) is 8.18. The van der Waals surface area contributed by atoms with Gasteiger partial charge in [-0.1, -0.05) is 27.2 Å². The smallest absolute Gasteiger partial charge is 0.211 e. The van der Waals surface area contributed by atoms with Crippen LogP contribution >= 0.6 is 0 Å². The van der Waals surface area contributed by atoms with Gasteiger partial charge in [-0.25, -0.2) is 25.9 Å². The number of hydrogen-bond donors (Lipinski definition) is 1. The van der Waals surface area contributed by atoms with Crippen molar-refractivity contribution in [3.05, 3.63) is 0 Å². The molecule has 0 spiro atoms. The third kappa shape index (κ3) is 9.37. The van der Waals surface area contributed by atoms with Crippen LogP contribution in [0, 0.1) is 5.92 Å². The second-order valence-electron chi connectivity index (χ2n) is 5.08. The van der Waals surface area contributed by atoms with Crippen molar-refractivity contribution in [2.45, 2.75) is 33.6 Å². The van der Waals surface area contributed by atoms with Crippen molar-refractivity contribution >= 4 is 20.0 Å². The molecular formula is C11H26N2O4S2. The molecule has 0 saturated carbocycles. The largest absolute Gasteiger partial charge is 0.214 e. The molecule has 6 nitrogen and oxygen atoms in total. The summed E-state index contributed by atoms with van der Waals surface area (Å²) < 4.78 is 50.0. The van der Waals surface area contributed by atoms with Gasteiger partial charge in [-0.3, -0.25) is 0 Å². The first-order valence-electron chi connectivity index (χ1n) is 6.51. The van der Waals surface area contributed by atoms with Crippen LogP contribution in [-0.4, -0.2) is 52.8 Å². The van der Waals surface area contributed by atoms with E-state index >= 15 is 0 Å². The summed E-state index contributed by atoms with van der Waals surface area (Å²) in [4.78, 5) is 0. The lowest BCUT2D eigenvalue weighted by atomic mass is 10.2. The first kappa shape index (κ1) is 18.8. The third-order valence-corrected chi connectivity index (χ3v) is 5.23. The Morgan fingerprint density at radius 1 is 1.16 bits per heavy atom. The quantitative estimate of drug-likeness (QED) is 0.641. The number of sulfonamides is 2. The van der Waals surface area contributed by atoms with Crippen LogP contribution in [0.4, 0.5) is 0 Å². The van der Waals surface area contributed by atoms with Gasteiger partial charge in [0, 0.05) is 19.6 Å². The Labute approximate surface area is 117 Å². The van der Waals surface area contributed by atoms with Crippen LogP contribution in [0.2, 0.25) is 0 Å². The standard InChI is InChI=1S/C11H26N2O4S2/c1-5-6-9-19(16,17)12-7-8-13(10-11(2)3)18(4,14)15/h11-12H,5-10H2,1-4H3. The maximum absolute atomic E-state index is 11.6. The van der Waals surface area contributed by atoms with Crippen LogP contribution in [0.3, 0.4) is 0 Å². The summed E-state index contributed by atoms with van der Waals surface area (Å²) >= 11 is 0. The SMILES string of the molecule is CCCCS(=O)(=O)NCCN(CC(C)C)S(C)(=O)=O. The molecule has 8 heteroatoms. The van der Waals surface area contributed by atoms with Crippen molar-refractivity contribution in [2.24, 2.45) is 5.92 Å². The van der Waals surface area contributed by atoms with Crippen LogP contribution in [0.25, 0.3) is 0 Å². The zero-order valence-electron chi connectivity index (χ0n) is 12.2. The predicted octanol–water partition coefficient (Wildman–Crippen LogP) is 0.624. The van der Waals surface area contributed by atoms with Crippen molar-refractivity contribution in [1.82, 2.24) is 9.03 Å². The topological polar surface area (TPSA) is 83.6 Å². The van der Waals surface area contributed by atoms with Gasteiger partial charge in [0.05, 0.1) is 12.0 Å². The van der Waals surface area contributed by atoms with Crippen molar-refractivity contribution in [3.8, 4) is 0 Å². The predicted molar refractivity (Wildman–Crippen MR) is 78.0 cm³/mol. The molecule has 0 rings (SSSR count). The molecule has 0 aliphatic heterocycles. The Bertz CT molecular complexity index is 443. The molecule has 0 aromatic heterocycles.